The first-order chi connectivity index (χ1) is 9.08. The summed E-state index contributed by atoms with van der Waals surface area (Å²) in [5, 5.41) is 29.6. The maximum atomic E-state index is 10.6. The molecule has 0 spiro atoms. The van der Waals surface area contributed by atoms with Crippen LogP contribution < -0.4 is 0 Å². The first-order valence-corrected chi connectivity index (χ1v) is 5.51. The number of phenols is 2. The Morgan fingerprint density at radius 1 is 0.947 bits per heavy atom. The van der Waals surface area contributed by atoms with E-state index in [0.29, 0.717) is 5.56 Å². The van der Waals surface area contributed by atoms with Crippen molar-refractivity contribution in [3.05, 3.63) is 63.7 Å². The van der Waals surface area contributed by atoms with Gasteiger partial charge in [0.2, 0.25) is 0 Å². The number of nitro groups is 1. The first kappa shape index (κ1) is 12.6. The zero-order valence-corrected chi connectivity index (χ0v) is 9.85. The van der Waals surface area contributed by atoms with E-state index >= 15 is 0 Å². The molecule has 0 aromatic heterocycles. The van der Waals surface area contributed by atoms with E-state index < -0.39 is 22.1 Å². The van der Waals surface area contributed by atoms with Crippen molar-refractivity contribution in [3.8, 4) is 11.5 Å². The van der Waals surface area contributed by atoms with Crippen LogP contribution in [0.5, 0.6) is 11.5 Å². The number of hydrogen-bond donors (Lipinski definition) is 2. The molecule has 0 unspecified atom stereocenters. The number of nitro benzene ring substituents is 1. The minimum atomic E-state index is -0.824. The van der Waals surface area contributed by atoms with Crippen molar-refractivity contribution in [1.29, 1.82) is 0 Å². The lowest BCUT2D eigenvalue weighted by molar-refractivity contribution is -0.386. The minimum Gasteiger partial charge on any atom is -0.502 e. The van der Waals surface area contributed by atoms with Crippen molar-refractivity contribution < 1.29 is 15.1 Å². The standard InChI is InChI=1S/C14H11NO4/c16-12-8-11(9-13(17)14(12)15(18)19)7-6-10-4-2-1-3-5-10/h1-9,16-17H. The van der Waals surface area contributed by atoms with Crippen molar-refractivity contribution in [2.24, 2.45) is 0 Å². The van der Waals surface area contributed by atoms with Gasteiger partial charge in [-0.1, -0.05) is 42.5 Å². The molecule has 0 amide bonds. The van der Waals surface area contributed by atoms with Gasteiger partial charge < -0.3 is 10.2 Å². The Labute approximate surface area is 109 Å². The Balaban J connectivity index is 2.33. The molecular weight excluding hydrogens is 246 g/mol. The summed E-state index contributed by atoms with van der Waals surface area (Å²) in [5.41, 5.74) is 0.737. The van der Waals surface area contributed by atoms with E-state index in [4.69, 9.17) is 0 Å². The highest BCUT2D eigenvalue weighted by Gasteiger charge is 2.19. The van der Waals surface area contributed by atoms with Crippen LogP contribution in [-0.4, -0.2) is 15.1 Å². The van der Waals surface area contributed by atoms with Gasteiger partial charge >= 0.3 is 5.69 Å². The summed E-state index contributed by atoms with van der Waals surface area (Å²) < 4.78 is 0. The van der Waals surface area contributed by atoms with Crippen LogP contribution in [0, 0.1) is 10.1 Å². The van der Waals surface area contributed by atoms with Gasteiger partial charge in [0.05, 0.1) is 4.92 Å². The SMILES string of the molecule is O=[N+]([O-])c1c(O)cc(C=Cc2ccccc2)cc1O. The molecule has 2 aromatic carbocycles. The van der Waals surface area contributed by atoms with Gasteiger partial charge in [0, 0.05) is 0 Å². The van der Waals surface area contributed by atoms with Crippen LogP contribution in [0.25, 0.3) is 12.2 Å². The van der Waals surface area contributed by atoms with Gasteiger partial charge in [0.15, 0.2) is 11.5 Å². The Kier molecular flexibility index (Phi) is 3.47. The Hall–Kier alpha value is -2.82. The summed E-state index contributed by atoms with van der Waals surface area (Å²) in [6.07, 6.45) is 3.43. The monoisotopic (exact) mass is 257 g/mol. The highest BCUT2D eigenvalue weighted by Crippen LogP contribution is 2.36. The first-order valence-electron chi connectivity index (χ1n) is 5.51. The molecule has 0 aliphatic rings. The maximum absolute atomic E-state index is 10.6. The number of hydrogen-bond acceptors (Lipinski definition) is 4. The quantitative estimate of drug-likeness (QED) is 0.502. The Morgan fingerprint density at radius 2 is 1.47 bits per heavy atom. The lowest BCUT2D eigenvalue weighted by Crippen LogP contribution is -1.90. The van der Waals surface area contributed by atoms with Crippen LogP contribution in [-0.2, 0) is 0 Å². The van der Waals surface area contributed by atoms with Crippen LogP contribution >= 0.6 is 0 Å². The predicted molar refractivity (Wildman–Crippen MR) is 71.8 cm³/mol. The van der Waals surface area contributed by atoms with Crippen molar-refractivity contribution in [2.45, 2.75) is 0 Å². The van der Waals surface area contributed by atoms with E-state index in [1.165, 1.54) is 12.1 Å². The maximum Gasteiger partial charge on any atom is 0.351 e. The molecule has 19 heavy (non-hydrogen) atoms. The third kappa shape index (κ3) is 2.90. The van der Waals surface area contributed by atoms with E-state index in [1.807, 2.05) is 30.3 Å². The second kappa shape index (κ2) is 5.22. The molecule has 2 N–H and O–H groups in total. The molecule has 0 heterocycles. The zero-order valence-electron chi connectivity index (χ0n) is 9.85. The van der Waals surface area contributed by atoms with E-state index in [9.17, 15) is 20.3 Å². The van der Waals surface area contributed by atoms with E-state index in [0.717, 1.165) is 5.56 Å². The van der Waals surface area contributed by atoms with Crippen LogP contribution in [0.15, 0.2) is 42.5 Å². The smallest absolute Gasteiger partial charge is 0.351 e. The average molecular weight is 257 g/mol. The fourth-order valence-electron chi connectivity index (χ4n) is 1.67. The molecule has 2 rings (SSSR count). The lowest BCUT2D eigenvalue weighted by atomic mass is 10.1. The number of rotatable bonds is 3. The van der Waals surface area contributed by atoms with Gasteiger partial charge in [0.25, 0.3) is 0 Å². The second-order valence-electron chi connectivity index (χ2n) is 3.91. The van der Waals surface area contributed by atoms with E-state index in [-0.39, 0.29) is 0 Å². The van der Waals surface area contributed by atoms with Crippen LogP contribution in [0.3, 0.4) is 0 Å². The summed E-state index contributed by atoms with van der Waals surface area (Å²) in [6, 6.07) is 11.9. The summed E-state index contributed by atoms with van der Waals surface area (Å²) in [5.74, 6) is -1.12. The van der Waals surface area contributed by atoms with E-state index in [2.05, 4.69) is 0 Å². The predicted octanol–water partition coefficient (Wildman–Crippen LogP) is 3.18. The van der Waals surface area contributed by atoms with Crippen molar-refractivity contribution in [3.63, 3.8) is 0 Å². The molecule has 0 saturated heterocycles. The fourth-order valence-corrected chi connectivity index (χ4v) is 1.67. The molecule has 0 atom stereocenters. The minimum absolute atomic E-state index is 0.476. The molecule has 5 nitrogen and oxygen atoms in total. The van der Waals surface area contributed by atoms with Crippen LogP contribution in [0.4, 0.5) is 5.69 Å². The molecule has 0 bridgehead atoms. The third-order valence-electron chi connectivity index (χ3n) is 2.54. The van der Waals surface area contributed by atoms with Crippen molar-refractivity contribution >= 4 is 17.8 Å². The topological polar surface area (TPSA) is 83.6 Å². The fraction of sp³-hybridized carbons (Fsp3) is 0. The number of nitrogens with zero attached hydrogens (tertiary/aromatic N) is 1. The van der Waals surface area contributed by atoms with Crippen molar-refractivity contribution in [1.82, 2.24) is 0 Å². The van der Waals surface area contributed by atoms with Crippen molar-refractivity contribution in [2.75, 3.05) is 0 Å². The summed E-state index contributed by atoms with van der Waals surface area (Å²) in [7, 11) is 0. The third-order valence-corrected chi connectivity index (χ3v) is 2.54. The molecular formula is C14H11NO4. The number of phenolic OH excluding ortho intramolecular Hbond substituents is 2. The van der Waals surface area contributed by atoms with Gasteiger partial charge in [0.1, 0.15) is 0 Å². The number of benzene rings is 2. The summed E-state index contributed by atoms with van der Waals surface area (Å²) in [6.45, 7) is 0. The van der Waals surface area contributed by atoms with Gasteiger partial charge in [-0.15, -0.1) is 0 Å². The molecule has 0 saturated carbocycles. The Bertz CT molecular complexity index is 612. The normalized spacial score (nSPS) is 10.7. The highest BCUT2D eigenvalue weighted by molar-refractivity contribution is 5.73. The summed E-state index contributed by atoms with van der Waals surface area (Å²) in [4.78, 5) is 9.78. The molecule has 0 aliphatic heterocycles. The molecule has 5 heteroatoms. The van der Waals surface area contributed by atoms with Gasteiger partial charge in [-0.05, 0) is 23.3 Å². The average Bonchev–Trinajstić information content (AvgIpc) is 2.36. The molecule has 2 aromatic rings. The molecule has 96 valence electrons. The van der Waals surface area contributed by atoms with E-state index in [1.54, 1.807) is 12.2 Å². The highest BCUT2D eigenvalue weighted by atomic mass is 16.6. The molecule has 0 radical (unpaired) electrons. The van der Waals surface area contributed by atoms with Crippen LogP contribution in [0.2, 0.25) is 0 Å². The van der Waals surface area contributed by atoms with Gasteiger partial charge in [-0.25, -0.2) is 0 Å². The van der Waals surface area contributed by atoms with Gasteiger partial charge in [-0.3, -0.25) is 10.1 Å². The molecule has 0 fully saturated rings. The summed E-state index contributed by atoms with van der Waals surface area (Å²) >= 11 is 0. The second-order valence-corrected chi connectivity index (χ2v) is 3.91. The largest absolute Gasteiger partial charge is 0.502 e. The van der Waals surface area contributed by atoms with Crippen LogP contribution in [0.1, 0.15) is 11.1 Å². The zero-order chi connectivity index (χ0) is 13.8. The lowest BCUT2D eigenvalue weighted by Gasteiger charge is -2.01. The Morgan fingerprint density at radius 3 is 2.00 bits per heavy atom. The molecule has 0 aliphatic carbocycles. The number of aromatic hydroxyl groups is 2. The van der Waals surface area contributed by atoms with Gasteiger partial charge in [-0.2, -0.15) is 0 Å².